The first kappa shape index (κ1) is 29.8. The molecule has 37 heavy (non-hydrogen) atoms. The van der Waals surface area contributed by atoms with Gasteiger partial charge in [0.05, 0.1) is 12.6 Å². The molecule has 1 aromatic heterocycles. The topological polar surface area (TPSA) is 187 Å². The number of fused-ring (bicyclic) bond motifs is 1. The van der Waals surface area contributed by atoms with Crippen molar-refractivity contribution in [2.24, 2.45) is 17.6 Å². The fraction of sp³-hybridized carbons (Fsp3) is 0.538. The molecule has 11 nitrogen and oxygen atoms in total. The second-order valence-electron chi connectivity index (χ2n) is 9.50. The number of carbonyl (C=O) groups excluding carboxylic acids is 3. The van der Waals surface area contributed by atoms with E-state index in [2.05, 4.69) is 20.9 Å². The lowest BCUT2D eigenvalue weighted by Gasteiger charge is -2.28. The number of carbonyl (C=O) groups is 4. The number of nitrogens with two attached hydrogens (primary N) is 1. The van der Waals surface area contributed by atoms with Crippen LogP contribution in [0.3, 0.4) is 0 Å². The summed E-state index contributed by atoms with van der Waals surface area (Å²) in [4.78, 5) is 53.4. The highest BCUT2D eigenvalue weighted by Gasteiger charge is 2.34. The molecule has 0 bridgehead atoms. The Morgan fingerprint density at radius 2 is 1.51 bits per heavy atom. The second kappa shape index (κ2) is 13.8. The number of nitrogens with one attached hydrogen (secondary N) is 4. The summed E-state index contributed by atoms with van der Waals surface area (Å²) in [6, 6.07) is 3.08. The van der Waals surface area contributed by atoms with Gasteiger partial charge in [-0.15, -0.1) is 0 Å². The summed E-state index contributed by atoms with van der Waals surface area (Å²) >= 11 is 0. The van der Waals surface area contributed by atoms with Crippen LogP contribution >= 0.6 is 0 Å². The van der Waals surface area contributed by atoms with Gasteiger partial charge in [0.25, 0.3) is 0 Å². The molecule has 3 amide bonds. The van der Waals surface area contributed by atoms with E-state index in [9.17, 15) is 29.4 Å². The highest BCUT2D eigenvalue weighted by atomic mass is 16.4. The second-order valence-corrected chi connectivity index (χ2v) is 9.50. The van der Waals surface area contributed by atoms with E-state index in [1.54, 1.807) is 20.0 Å². The Hall–Kier alpha value is -3.44. The molecule has 0 radical (unpaired) electrons. The van der Waals surface area contributed by atoms with E-state index in [0.29, 0.717) is 12.8 Å². The molecule has 204 valence electrons. The van der Waals surface area contributed by atoms with Crippen molar-refractivity contribution in [3.05, 3.63) is 36.0 Å². The van der Waals surface area contributed by atoms with E-state index >= 15 is 0 Å². The fourth-order valence-electron chi connectivity index (χ4n) is 3.98. The average Bonchev–Trinajstić information content (AvgIpc) is 3.29. The van der Waals surface area contributed by atoms with Crippen LogP contribution in [0.5, 0.6) is 0 Å². The van der Waals surface area contributed by atoms with Crippen molar-refractivity contribution in [1.82, 2.24) is 20.9 Å². The Labute approximate surface area is 216 Å². The summed E-state index contributed by atoms with van der Waals surface area (Å²) < 4.78 is 0. The number of para-hydroxylation sites is 1. The van der Waals surface area contributed by atoms with Crippen molar-refractivity contribution < 1.29 is 29.4 Å². The number of carboxylic acids is 1. The molecule has 1 heterocycles. The Morgan fingerprint density at radius 1 is 0.919 bits per heavy atom. The lowest BCUT2D eigenvalue weighted by Crippen LogP contribution is -2.60. The lowest BCUT2D eigenvalue weighted by atomic mass is 9.95. The molecule has 0 aliphatic heterocycles. The van der Waals surface area contributed by atoms with Crippen LogP contribution in [0.4, 0.5) is 0 Å². The monoisotopic (exact) mass is 517 g/mol. The molecule has 8 N–H and O–H groups in total. The van der Waals surface area contributed by atoms with Gasteiger partial charge < -0.3 is 36.9 Å². The van der Waals surface area contributed by atoms with Gasteiger partial charge in [-0.2, -0.15) is 0 Å². The van der Waals surface area contributed by atoms with E-state index < -0.39 is 54.5 Å². The van der Waals surface area contributed by atoms with Crippen molar-refractivity contribution in [1.29, 1.82) is 0 Å². The molecule has 0 aliphatic rings. The SMILES string of the molecule is CCC(C)C(NC(=O)C(NC(=O)C(CO)NC(=O)C(N)Cc1c[nH]c2ccccc12)C(C)CC)C(=O)O. The number of H-pyrrole nitrogens is 1. The molecule has 6 unspecified atom stereocenters. The van der Waals surface area contributed by atoms with Gasteiger partial charge >= 0.3 is 5.97 Å². The molecule has 2 rings (SSSR count). The predicted molar refractivity (Wildman–Crippen MR) is 139 cm³/mol. The average molecular weight is 518 g/mol. The minimum atomic E-state index is -1.34. The number of carboxylic acid groups (broad SMARTS) is 1. The van der Waals surface area contributed by atoms with Gasteiger partial charge in [0.15, 0.2) is 0 Å². The molecular formula is C26H39N5O6. The zero-order valence-corrected chi connectivity index (χ0v) is 21.8. The zero-order valence-electron chi connectivity index (χ0n) is 21.8. The molecule has 0 spiro atoms. The van der Waals surface area contributed by atoms with Crippen LogP contribution in [0.15, 0.2) is 30.5 Å². The Bertz CT molecular complexity index is 1090. The number of aromatic amines is 1. The molecule has 6 atom stereocenters. The van der Waals surface area contributed by atoms with Crippen molar-refractivity contribution in [3.63, 3.8) is 0 Å². The molecular weight excluding hydrogens is 478 g/mol. The number of hydrogen-bond donors (Lipinski definition) is 7. The maximum Gasteiger partial charge on any atom is 0.326 e. The van der Waals surface area contributed by atoms with Gasteiger partial charge in [-0.25, -0.2) is 4.79 Å². The number of aliphatic hydroxyl groups excluding tert-OH is 1. The van der Waals surface area contributed by atoms with Crippen molar-refractivity contribution >= 4 is 34.6 Å². The van der Waals surface area contributed by atoms with Crippen LogP contribution < -0.4 is 21.7 Å². The smallest absolute Gasteiger partial charge is 0.326 e. The Kier molecular flexibility index (Phi) is 11.1. The molecule has 2 aromatic rings. The maximum atomic E-state index is 13.0. The van der Waals surface area contributed by atoms with E-state index in [0.717, 1.165) is 16.5 Å². The van der Waals surface area contributed by atoms with Crippen LogP contribution in [0.25, 0.3) is 10.9 Å². The highest BCUT2D eigenvalue weighted by Crippen LogP contribution is 2.19. The van der Waals surface area contributed by atoms with Crippen LogP contribution in [0.2, 0.25) is 0 Å². The summed E-state index contributed by atoms with van der Waals surface area (Å²) in [5, 5.41) is 27.8. The number of benzene rings is 1. The number of aliphatic hydroxyl groups is 1. The quantitative estimate of drug-likeness (QED) is 0.192. The molecule has 0 saturated carbocycles. The Balaban J connectivity index is 2.07. The fourth-order valence-corrected chi connectivity index (χ4v) is 3.98. The molecule has 1 aromatic carbocycles. The first-order valence-electron chi connectivity index (χ1n) is 12.6. The predicted octanol–water partition coefficient (Wildman–Crippen LogP) is 0.661. The minimum Gasteiger partial charge on any atom is -0.480 e. The molecule has 0 saturated heterocycles. The number of aliphatic carboxylic acids is 1. The third-order valence-electron chi connectivity index (χ3n) is 6.84. The highest BCUT2D eigenvalue weighted by molar-refractivity contribution is 5.94. The largest absolute Gasteiger partial charge is 0.480 e. The number of hydrogen-bond acceptors (Lipinski definition) is 6. The summed E-state index contributed by atoms with van der Waals surface area (Å²) in [6.07, 6.45) is 3.03. The maximum absolute atomic E-state index is 13.0. The van der Waals surface area contributed by atoms with Gasteiger partial charge in [-0.05, 0) is 29.9 Å². The number of amides is 3. The molecule has 0 fully saturated rings. The molecule has 0 aliphatic carbocycles. The van der Waals surface area contributed by atoms with Crippen molar-refractivity contribution in [2.45, 2.75) is 71.1 Å². The van der Waals surface area contributed by atoms with Gasteiger partial charge in [-0.1, -0.05) is 58.7 Å². The summed E-state index contributed by atoms with van der Waals surface area (Å²) in [6.45, 7) is 6.39. The molecule has 11 heteroatoms. The third-order valence-corrected chi connectivity index (χ3v) is 6.84. The summed E-state index contributed by atoms with van der Waals surface area (Å²) in [7, 11) is 0. The summed E-state index contributed by atoms with van der Waals surface area (Å²) in [5.74, 6) is -3.87. The van der Waals surface area contributed by atoms with Crippen LogP contribution in [-0.4, -0.2) is 69.7 Å². The van der Waals surface area contributed by atoms with Gasteiger partial charge in [0.2, 0.25) is 17.7 Å². The van der Waals surface area contributed by atoms with Gasteiger partial charge in [-0.3, -0.25) is 14.4 Å². The van der Waals surface area contributed by atoms with Gasteiger partial charge in [0.1, 0.15) is 18.1 Å². The number of aromatic nitrogens is 1. The lowest BCUT2D eigenvalue weighted by molar-refractivity contribution is -0.144. The minimum absolute atomic E-state index is 0.208. The van der Waals surface area contributed by atoms with Crippen molar-refractivity contribution in [3.8, 4) is 0 Å². The normalized spacial score (nSPS) is 16.2. The van der Waals surface area contributed by atoms with E-state index in [-0.39, 0.29) is 18.3 Å². The van der Waals surface area contributed by atoms with E-state index in [4.69, 9.17) is 5.73 Å². The first-order valence-corrected chi connectivity index (χ1v) is 12.6. The Morgan fingerprint density at radius 3 is 2.11 bits per heavy atom. The number of rotatable bonds is 14. The first-order chi connectivity index (χ1) is 17.5. The van der Waals surface area contributed by atoms with Crippen LogP contribution in [0, 0.1) is 11.8 Å². The van der Waals surface area contributed by atoms with E-state index in [1.165, 1.54) is 0 Å². The van der Waals surface area contributed by atoms with Crippen molar-refractivity contribution in [2.75, 3.05) is 6.61 Å². The summed E-state index contributed by atoms with van der Waals surface area (Å²) in [5.41, 5.74) is 7.83. The third kappa shape index (κ3) is 7.77. The standard InChI is InChI=1S/C26H39N5O6/c1-5-14(3)21(25(35)31-22(26(36)37)15(4)6-2)30-24(34)20(13-32)29-23(33)18(27)11-16-12-28-19-10-8-7-9-17(16)19/h7-10,12,14-15,18,20-22,28,32H,5-6,11,13,27H2,1-4H3,(H,29,33)(H,30,34)(H,31,35)(H,36,37). The van der Waals surface area contributed by atoms with Crippen LogP contribution in [-0.2, 0) is 25.6 Å². The zero-order chi connectivity index (χ0) is 27.7. The van der Waals surface area contributed by atoms with E-state index in [1.807, 2.05) is 38.1 Å². The van der Waals surface area contributed by atoms with Crippen LogP contribution in [0.1, 0.15) is 46.1 Å². The van der Waals surface area contributed by atoms with Gasteiger partial charge in [0, 0.05) is 17.1 Å².